The topological polar surface area (TPSA) is 55.3 Å². The first-order valence-electron chi connectivity index (χ1n) is 8.79. The number of nitrogens with zero attached hydrogens (tertiary/aromatic N) is 3. The molecule has 0 bridgehead atoms. The third-order valence-electron chi connectivity index (χ3n) is 4.63. The van der Waals surface area contributed by atoms with Crippen molar-refractivity contribution >= 4 is 38.8 Å². The van der Waals surface area contributed by atoms with Crippen LogP contribution in [0.2, 0.25) is 0 Å². The van der Waals surface area contributed by atoms with Gasteiger partial charge in [0.05, 0.1) is 23.4 Å². The minimum Gasteiger partial charge on any atom is -0.497 e. The second kappa shape index (κ2) is 7.69. The highest BCUT2D eigenvalue weighted by atomic mass is 32.1. The number of ether oxygens (including phenoxy) is 1. The van der Waals surface area contributed by atoms with Crippen LogP contribution in [0.1, 0.15) is 28.5 Å². The molecule has 0 fully saturated rings. The number of carbonyl (C=O) groups excluding carboxylic acids is 1. The van der Waals surface area contributed by atoms with Crippen LogP contribution in [-0.4, -0.2) is 34.9 Å². The zero-order valence-electron chi connectivity index (χ0n) is 15.7. The van der Waals surface area contributed by atoms with Crippen LogP contribution in [0.4, 0.5) is 0 Å². The van der Waals surface area contributed by atoms with E-state index in [0.29, 0.717) is 5.69 Å². The highest BCUT2D eigenvalue weighted by molar-refractivity contribution is 7.18. The number of fused-ring (bicyclic) bond motifs is 1. The summed E-state index contributed by atoms with van der Waals surface area (Å²) in [6.07, 6.45) is 0. The highest BCUT2D eigenvalue weighted by Crippen LogP contribution is 2.31. The molecule has 0 saturated carbocycles. The second-order valence-electron chi connectivity index (χ2n) is 6.38. The summed E-state index contributed by atoms with van der Waals surface area (Å²) in [4.78, 5) is 23.9. The van der Waals surface area contributed by atoms with Gasteiger partial charge in [-0.05, 0) is 43.3 Å². The Morgan fingerprint density at radius 2 is 1.86 bits per heavy atom. The number of aromatic nitrogens is 2. The van der Waals surface area contributed by atoms with Crippen molar-refractivity contribution in [3.05, 3.63) is 64.6 Å². The number of rotatable bonds is 5. The Balaban J connectivity index is 1.54. The normalized spacial score (nSPS) is 12.1. The van der Waals surface area contributed by atoms with Crippen molar-refractivity contribution in [2.45, 2.75) is 13.0 Å². The van der Waals surface area contributed by atoms with Crippen LogP contribution in [0, 0.1) is 0 Å². The molecule has 0 aliphatic carbocycles. The fourth-order valence-electron chi connectivity index (χ4n) is 2.83. The van der Waals surface area contributed by atoms with Crippen LogP contribution in [0.15, 0.2) is 53.9 Å². The van der Waals surface area contributed by atoms with Crippen molar-refractivity contribution < 1.29 is 9.53 Å². The predicted molar refractivity (Wildman–Crippen MR) is 114 cm³/mol. The van der Waals surface area contributed by atoms with Gasteiger partial charge in [-0.25, -0.2) is 9.97 Å². The summed E-state index contributed by atoms with van der Waals surface area (Å²) >= 11 is 3.08. The largest absolute Gasteiger partial charge is 0.497 e. The number of benzene rings is 2. The van der Waals surface area contributed by atoms with Crippen LogP contribution in [-0.2, 0) is 0 Å². The van der Waals surface area contributed by atoms with Crippen molar-refractivity contribution in [2.24, 2.45) is 0 Å². The Bertz CT molecular complexity index is 1090. The third-order valence-corrected chi connectivity index (χ3v) is 6.73. The van der Waals surface area contributed by atoms with Gasteiger partial charge in [0.15, 0.2) is 0 Å². The van der Waals surface area contributed by atoms with Gasteiger partial charge < -0.3 is 9.64 Å². The number of carbonyl (C=O) groups is 1. The Labute approximate surface area is 171 Å². The average Bonchev–Trinajstić information content (AvgIpc) is 3.39. The molecule has 5 nitrogen and oxygen atoms in total. The number of hydrogen-bond donors (Lipinski definition) is 0. The minimum absolute atomic E-state index is 0.109. The third kappa shape index (κ3) is 3.50. The molecule has 0 N–H and O–H groups in total. The molecular formula is C21H19N3O2S2. The summed E-state index contributed by atoms with van der Waals surface area (Å²) < 4.78 is 6.31. The van der Waals surface area contributed by atoms with Crippen molar-refractivity contribution in [3.8, 4) is 16.3 Å². The molecule has 0 aliphatic rings. The summed E-state index contributed by atoms with van der Waals surface area (Å²) in [6.45, 7) is 1.99. The zero-order chi connectivity index (χ0) is 19.7. The quantitative estimate of drug-likeness (QED) is 0.451. The molecule has 28 heavy (non-hydrogen) atoms. The molecule has 4 aromatic rings. The van der Waals surface area contributed by atoms with Gasteiger partial charge in [-0.3, -0.25) is 4.79 Å². The van der Waals surface area contributed by atoms with E-state index in [1.54, 1.807) is 30.4 Å². The molecular weight excluding hydrogens is 390 g/mol. The minimum atomic E-state index is -0.129. The molecule has 0 saturated heterocycles. The maximum atomic E-state index is 12.9. The first kappa shape index (κ1) is 18.6. The molecule has 0 aliphatic heterocycles. The van der Waals surface area contributed by atoms with E-state index in [-0.39, 0.29) is 11.9 Å². The molecule has 1 unspecified atom stereocenters. The number of methoxy groups -OCH3 is 1. The van der Waals surface area contributed by atoms with Crippen LogP contribution in [0.25, 0.3) is 20.8 Å². The van der Waals surface area contributed by atoms with Gasteiger partial charge in [0.25, 0.3) is 5.91 Å². The van der Waals surface area contributed by atoms with E-state index in [2.05, 4.69) is 9.97 Å². The van der Waals surface area contributed by atoms with Crippen LogP contribution in [0.3, 0.4) is 0 Å². The van der Waals surface area contributed by atoms with Crippen molar-refractivity contribution in [1.29, 1.82) is 0 Å². The van der Waals surface area contributed by atoms with Gasteiger partial charge in [0.2, 0.25) is 0 Å². The van der Waals surface area contributed by atoms with Crippen molar-refractivity contribution in [2.75, 3.05) is 14.2 Å². The average molecular weight is 410 g/mol. The van der Waals surface area contributed by atoms with E-state index >= 15 is 0 Å². The van der Waals surface area contributed by atoms with Crippen LogP contribution >= 0.6 is 22.7 Å². The first-order valence-corrected chi connectivity index (χ1v) is 10.5. The molecule has 1 atom stereocenters. The summed E-state index contributed by atoms with van der Waals surface area (Å²) in [7, 11) is 3.43. The van der Waals surface area contributed by atoms with Gasteiger partial charge in [0, 0.05) is 18.0 Å². The monoisotopic (exact) mass is 409 g/mol. The Morgan fingerprint density at radius 3 is 2.57 bits per heavy atom. The Hall–Kier alpha value is -2.77. The van der Waals surface area contributed by atoms with E-state index in [9.17, 15) is 4.79 Å². The van der Waals surface area contributed by atoms with Crippen LogP contribution < -0.4 is 4.74 Å². The first-order chi connectivity index (χ1) is 13.6. The van der Waals surface area contributed by atoms with Crippen LogP contribution in [0.5, 0.6) is 5.75 Å². The molecule has 142 valence electrons. The smallest absolute Gasteiger partial charge is 0.273 e. The molecule has 2 heterocycles. The lowest BCUT2D eigenvalue weighted by atomic mass is 10.2. The SMILES string of the molecule is COc1ccc(-c2nc(C(=O)N(C)C(C)c3nc4ccccc4s3)cs2)cc1. The molecule has 0 radical (unpaired) electrons. The maximum Gasteiger partial charge on any atom is 0.273 e. The van der Waals surface area contributed by atoms with E-state index in [1.165, 1.54) is 11.3 Å². The standard InChI is InChI=1S/C21H19N3O2S2/c1-13(19-22-16-6-4-5-7-18(16)28-19)24(2)21(25)17-12-27-20(23-17)14-8-10-15(26-3)11-9-14/h4-13H,1-3H3. The lowest BCUT2D eigenvalue weighted by Crippen LogP contribution is -2.29. The summed E-state index contributed by atoms with van der Waals surface area (Å²) in [6, 6.07) is 15.5. The summed E-state index contributed by atoms with van der Waals surface area (Å²) in [5, 5.41) is 3.54. The lowest BCUT2D eigenvalue weighted by Gasteiger charge is -2.22. The summed E-state index contributed by atoms with van der Waals surface area (Å²) in [5.41, 5.74) is 2.38. The van der Waals surface area contributed by atoms with Gasteiger partial charge in [-0.2, -0.15) is 0 Å². The van der Waals surface area contributed by atoms with E-state index in [1.807, 2.05) is 60.8 Å². The maximum absolute atomic E-state index is 12.9. The number of thiazole rings is 2. The summed E-state index contributed by atoms with van der Waals surface area (Å²) in [5.74, 6) is 0.684. The van der Waals surface area contributed by atoms with Gasteiger partial charge in [-0.1, -0.05) is 12.1 Å². The Kier molecular flexibility index (Phi) is 5.11. The van der Waals surface area contributed by atoms with E-state index in [0.717, 1.165) is 31.5 Å². The van der Waals surface area contributed by atoms with Gasteiger partial charge >= 0.3 is 0 Å². The number of amides is 1. The molecule has 2 aromatic heterocycles. The second-order valence-corrected chi connectivity index (χ2v) is 8.30. The van der Waals surface area contributed by atoms with Crippen molar-refractivity contribution in [3.63, 3.8) is 0 Å². The molecule has 1 amide bonds. The lowest BCUT2D eigenvalue weighted by molar-refractivity contribution is 0.0737. The molecule has 2 aromatic carbocycles. The van der Waals surface area contributed by atoms with Gasteiger partial charge in [-0.15, -0.1) is 22.7 Å². The molecule has 0 spiro atoms. The zero-order valence-corrected chi connectivity index (χ0v) is 17.4. The molecule has 7 heteroatoms. The highest BCUT2D eigenvalue weighted by Gasteiger charge is 2.23. The fourth-order valence-corrected chi connectivity index (χ4v) is 4.69. The predicted octanol–water partition coefficient (Wildman–Crippen LogP) is 5.26. The fraction of sp³-hybridized carbons (Fsp3) is 0.190. The Morgan fingerprint density at radius 1 is 1.11 bits per heavy atom. The van der Waals surface area contributed by atoms with Crippen molar-refractivity contribution in [1.82, 2.24) is 14.9 Å². The van der Waals surface area contributed by atoms with E-state index < -0.39 is 0 Å². The number of hydrogen-bond acceptors (Lipinski definition) is 6. The number of para-hydroxylation sites is 1. The van der Waals surface area contributed by atoms with Gasteiger partial charge in [0.1, 0.15) is 21.5 Å². The van der Waals surface area contributed by atoms with E-state index in [4.69, 9.17) is 4.74 Å². The molecule has 4 rings (SSSR count).